The Bertz CT molecular complexity index is 390. The molecule has 1 nitrogen and oxygen atoms in total. The fraction of sp³-hybridized carbons (Fsp3) is 0.500. The molecule has 1 aromatic rings. The molecule has 98 valence electrons. The van der Waals surface area contributed by atoms with E-state index in [4.69, 9.17) is 0 Å². The molecule has 1 saturated carbocycles. The van der Waals surface area contributed by atoms with Crippen molar-refractivity contribution in [1.29, 1.82) is 0 Å². The maximum Gasteiger partial charge on any atom is 2.00 e. The van der Waals surface area contributed by atoms with Crippen molar-refractivity contribution in [2.24, 2.45) is 0 Å². The zero-order valence-corrected chi connectivity index (χ0v) is 14.4. The van der Waals surface area contributed by atoms with E-state index in [0.29, 0.717) is 0 Å². The first kappa shape index (κ1) is 17.2. The van der Waals surface area contributed by atoms with Crippen LogP contribution in [0.25, 0.3) is 6.08 Å². The summed E-state index contributed by atoms with van der Waals surface area (Å²) in [6.07, 6.45) is 9.21. The van der Waals surface area contributed by atoms with Gasteiger partial charge >= 0.3 is 23.1 Å². The van der Waals surface area contributed by atoms with Crippen molar-refractivity contribution in [1.82, 2.24) is 4.90 Å². The number of likely N-dealkylation sites (tertiary alicyclic amines) is 1. The van der Waals surface area contributed by atoms with Crippen molar-refractivity contribution in [3.8, 4) is 0 Å². The smallest absolute Gasteiger partial charge is 1.00 e. The molecule has 2 fully saturated rings. The molecular weight excluding hydrogens is 310 g/mol. The topological polar surface area (TPSA) is 3.24 Å². The van der Waals surface area contributed by atoms with E-state index in [9.17, 15) is 0 Å². The van der Waals surface area contributed by atoms with Gasteiger partial charge in [0.15, 0.2) is 0 Å². The Kier molecular flexibility index (Phi) is 7.66. The van der Waals surface area contributed by atoms with Gasteiger partial charge in [-0.25, -0.2) is 0 Å². The van der Waals surface area contributed by atoms with Crippen molar-refractivity contribution >= 4 is 29.1 Å². The van der Waals surface area contributed by atoms with Gasteiger partial charge in [0.2, 0.25) is 0 Å². The van der Waals surface area contributed by atoms with Gasteiger partial charge in [-0.05, 0) is 25.7 Å². The van der Waals surface area contributed by atoms with Crippen molar-refractivity contribution in [2.45, 2.75) is 38.1 Å². The third-order valence-electron chi connectivity index (χ3n) is 4.15. The average molecular weight is 331 g/mol. The van der Waals surface area contributed by atoms with Gasteiger partial charge in [-0.1, -0.05) is 18.1 Å². The van der Waals surface area contributed by atoms with Gasteiger partial charge < -0.3 is 17.0 Å². The van der Waals surface area contributed by atoms with E-state index in [2.05, 4.69) is 29.2 Å². The van der Waals surface area contributed by atoms with Gasteiger partial charge in [0.25, 0.3) is 0 Å². The minimum Gasteiger partial charge on any atom is -1.00 e. The maximum absolute atomic E-state index is 3.07. The second-order valence-corrected chi connectivity index (χ2v) is 5.26. The van der Waals surface area contributed by atoms with Crippen LogP contribution in [0.2, 0.25) is 0 Å². The predicted octanol–water partition coefficient (Wildman–Crippen LogP) is 0.142. The summed E-state index contributed by atoms with van der Waals surface area (Å²) in [5.41, 5.74) is 2.95. The van der Waals surface area contributed by atoms with E-state index in [1.54, 1.807) is 5.57 Å². The molecule has 1 aliphatic carbocycles. The predicted molar refractivity (Wildman–Crippen MR) is 77.5 cm³/mol. The van der Waals surface area contributed by atoms with Crippen LogP contribution < -0.4 is 17.0 Å². The van der Waals surface area contributed by atoms with Crippen LogP contribution in [0.15, 0.2) is 29.8 Å². The fourth-order valence-electron chi connectivity index (χ4n) is 2.80. The van der Waals surface area contributed by atoms with E-state index in [1.807, 2.05) is 12.1 Å². The minimum absolute atomic E-state index is 0. The van der Waals surface area contributed by atoms with Crippen LogP contribution in [0.1, 0.15) is 37.7 Å². The van der Waals surface area contributed by atoms with Crippen LogP contribution in [-0.2, 0) is 0 Å². The number of hydrogen-bond donors (Lipinski definition) is 0. The molecule has 0 radical (unpaired) electrons. The SMILES string of the molecule is [Br-].[Mg+2].[c-]1ccc(C=C2CCN(C3CCC3)CC2)cc1. The first-order chi connectivity index (χ1) is 8.42. The number of nitrogens with zero attached hydrogens (tertiary/aromatic N) is 1. The van der Waals surface area contributed by atoms with Crippen molar-refractivity contribution in [3.05, 3.63) is 41.5 Å². The second-order valence-electron chi connectivity index (χ2n) is 5.26. The summed E-state index contributed by atoms with van der Waals surface area (Å²) in [5.74, 6) is 0. The molecule has 0 bridgehead atoms. The zero-order valence-electron chi connectivity index (χ0n) is 11.4. The molecule has 1 aromatic carbocycles. The molecular formula is C16H20BrMgN. The van der Waals surface area contributed by atoms with Crippen LogP contribution in [0.5, 0.6) is 0 Å². The van der Waals surface area contributed by atoms with Gasteiger partial charge in [-0.2, -0.15) is 30.3 Å². The van der Waals surface area contributed by atoms with Crippen LogP contribution in [0.4, 0.5) is 0 Å². The number of benzene rings is 1. The summed E-state index contributed by atoms with van der Waals surface area (Å²) in [6.45, 7) is 2.55. The van der Waals surface area contributed by atoms with Crippen LogP contribution in [-0.4, -0.2) is 47.1 Å². The third-order valence-corrected chi connectivity index (χ3v) is 4.15. The Labute approximate surface area is 143 Å². The molecule has 0 N–H and O–H groups in total. The number of hydrogen-bond acceptors (Lipinski definition) is 1. The second kappa shape index (κ2) is 8.45. The Morgan fingerprint density at radius 1 is 1.11 bits per heavy atom. The average Bonchev–Trinajstić information content (AvgIpc) is 2.31. The quantitative estimate of drug-likeness (QED) is 0.551. The molecule has 2 aliphatic rings. The normalized spacial score (nSPS) is 19.9. The summed E-state index contributed by atoms with van der Waals surface area (Å²) in [6, 6.07) is 12.3. The number of piperidine rings is 1. The van der Waals surface area contributed by atoms with Crippen molar-refractivity contribution in [3.63, 3.8) is 0 Å². The summed E-state index contributed by atoms with van der Waals surface area (Å²) in [5, 5.41) is 0. The van der Waals surface area contributed by atoms with E-state index >= 15 is 0 Å². The molecule has 1 heterocycles. The van der Waals surface area contributed by atoms with Crippen LogP contribution in [0.3, 0.4) is 0 Å². The first-order valence-corrected chi connectivity index (χ1v) is 6.81. The molecule has 0 spiro atoms. The molecule has 0 aromatic heterocycles. The Morgan fingerprint density at radius 2 is 1.74 bits per heavy atom. The van der Waals surface area contributed by atoms with Crippen LogP contribution >= 0.6 is 0 Å². The Morgan fingerprint density at radius 3 is 2.26 bits per heavy atom. The largest absolute Gasteiger partial charge is 2.00 e. The molecule has 0 atom stereocenters. The molecule has 0 amide bonds. The van der Waals surface area contributed by atoms with E-state index < -0.39 is 0 Å². The molecule has 3 rings (SSSR count). The van der Waals surface area contributed by atoms with Crippen molar-refractivity contribution in [2.75, 3.05) is 13.1 Å². The van der Waals surface area contributed by atoms with Gasteiger partial charge in [0.1, 0.15) is 0 Å². The first-order valence-electron chi connectivity index (χ1n) is 6.81. The summed E-state index contributed by atoms with van der Waals surface area (Å²) < 4.78 is 0. The monoisotopic (exact) mass is 329 g/mol. The summed E-state index contributed by atoms with van der Waals surface area (Å²) in [7, 11) is 0. The summed E-state index contributed by atoms with van der Waals surface area (Å²) in [4.78, 5) is 2.69. The third kappa shape index (κ3) is 4.59. The van der Waals surface area contributed by atoms with Gasteiger partial charge in [0.05, 0.1) is 0 Å². The van der Waals surface area contributed by atoms with Crippen molar-refractivity contribution < 1.29 is 17.0 Å². The molecule has 1 aliphatic heterocycles. The van der Waals surface area contributed by atoms with Gasteiger partial charge in [0, 0.05) is 19.1 Å². The number of halogens is 1. The molecule has 19 heavy (non-hydrogen) atoms. The van der Waals surface area contributed by atoms with E-state index in [-0.39, 0.29) is 40.0 Å². The van der Waals surface area contributed by atoms with Gasteiger partial charge in [-0.3, -0.25) is 4.90 Å². The maximum atomic E-state index is 3.07. The summed E-state index contributed by atoms with van der Waals surface area (Å²) >= 11 is 0. The van der Waals surface area contributed by atoms with Gasteiger partial charge in [-0.15, -0.1) is 5.56 Å². The molecule has 3 heteroatoms. The van der Waals surface area contributed by atoms with E-state index in [0.717, 1.165) is 6.04 Å². The minimum atomic E-state index is 0. The zero-order chi connectivity index (χ0) is 11.5. The Balaban J connectivity index is 0.000000902. The number of rotatable bonds is 2. The molecule has 0 unspecified atom stereocenters. The standard InChI is InChI=1S/C16H20N.BrH.Mg/c1-2-5-14(6-3-1)13-15-9-11-17(12-10-15)16-7-4-8-16;;/h2-3,5-6,13,16H,4,7-12H2;1H;/q-1;;+2/p-1. The van der Waals surface area contributed by atoms with E-state index in [1.165, 1.54) is 50.8 Å². The Hall–Kier alpha value is 0.166. The van der Waals surface area contributed by atoms with Crippen LogP contribution in [0, 0.1) is 6.07 Å². The fourth-order valence-corrected chi connectivity index (χ4v) is 2.80. The molecule has 1 saturated heterocycles.